The molecule has 0 saturated carbocycles. The van der Waals surface area contributed by atoms with Gasteiger partial charge in [0, 0.05) is 71.2 Å². The second-order valence-corrected chi connectivity index (χ2v) is 16.4. The van der Waals surface area contributed by atoms with Crippen molar-refractivity contribution in [3.63, 3.8) is 0 Å². The summed E-state index contributed by atoms with van der Waals surface area (Å²) in [6, 6.07) is 19.6. The number of carbonyl (C=O) groups excluding carboxylic acids is 3. The first-order valence-corrected chi connectivity index (χ1v) is 18.9. The number of aryl methyl sites for hydroxylation is 1. The van der Waals surface area contributed by atoms with Gasteiger partial charge in [-0.3, -0.25) is 18.9 Å². The van der Waals surface area contributed by atoms with Crippen LogP contribution in [0.5, 0.6) is 0 Å². The number of nitrogens with zero attached hydrogens (tertiary/aromatic N) is 4. The Labute approximate surface area is 296 Å². The molecule has 14 heteroatoms. The maximum Gasteiger partial charge on any atom is 0.283 e. The lowest BCUT2D eigenvalue weighted by Crippen LogP contribution is -2.56. The van der Waals surface area contributed by atoms with Crippen molar-refractivity contribution in [1.82, 2.24) is 19.3 Å². The first-order valence-electron chi connectivity index (χ1n) is 15.3. The highest BCUT2D eigenvalue weighted by Gasteiger charge is 2.60. The zero-order chi connectivity index (χ0) is 34.4. The van der Waals surface area contributed by atoms with Crippen molar-refractivity contribution < 1.29 is 27.4 Å². The molecule has 252 valence electrons. The van der Waals surface area contributed by atoms with Crippen molar-refractivity contribution in [2.45, 2.75) is 48.4 Å². The van der Waals surface area contributed by atoms with E-state index in [0.29, 0.717) is 47.7 Å². The van der Waals surface area contributed by atoms with Crippen LogP contribution in [-0.2, 0) is 36.9 Å². The topological polar surface area (TPSA) is 120 Å². The van der Waals surface area contributed by atoms with E-state index in [-0.39, 0.29) is 30.7 Å². The fourth-order valence-corrected chi connectivity index (χ4v) is 9.10. The maximum absolute atomic E-state index is 15.1. The smallest absolute Gasteiger partial charge is 0.283 e. The molecule has 2 aliphatic heterocycles. The van der Waals surface area contributed by atoms with Gasteiger partial charge in [0.25, 0.3) is 10.1 Å². The van der Waals surface area contributed by atoms with Gasteiger partial charge in [-0.2, -0.15) is 8.42 Å². The van der Waals surface area contributed by atoms with Gasteiger partial charge in [0.05, 0.1) is 18.0 Å². The van der Waals surface area contributed by atoms with Crippen LogP contribution in [0.2, 0.25) is 5.02 Å². The molecule has 0 aliphatic carbocycles. The number of thioether (sulfide) groups is 1. The van der Waals surface area contributed by atoms with Gasteiger partial charge in [-0.15, -0.1) is 11.8 Å². The number of rotatable bonds is 8. The summed E-state index contributed by atoms with van der Waals surface area (Å²) in [7, 11) is -4.47. The van der Waals surface area contributed by atoms with Crippen molar-refractivity contribution in [1.29, 1.82) is 0 Å². The predicted molar refractivity (Wildman–Crippen MR) is 189 cm³/mol. The Morgan fingerprint density at radius 2 is 1.65 bits per heavy atom. The number of amides is 3. The Morgan fingerprint density at radius 3 is 2.27 bits per heavy atom. The van der Waals surface area contributed by atoms with E-state index in [0.717, 1.165) is 20.5 Å². The zero-order valence-electron chi connectivity index (χ0n) is 26.3. The summed E-state index contributed by atoms with van der Waals surface area (Å²) in [5.74, 6) is -1.28. The molecule has 2 fully saturated rings. The second kappa shape index (κ2) is 13.5. The third-order valence-electron chi connectivity index (χ3n) is 8.92. The lowest BCUT2D eigenvalue weighted by atomic mass is 9.90. The molecule has 0 spiro atoms. The van der Waals surface area contributed by atoms with Crippen LogP contribution in [0.15, 0.2) is 82.3 Å². The van der Waals surface area contributed by atoms with Crippen LogP contribution in [-0.4, -0.2) is 80.9 Å². The summed E-state index contributed by atoms with van der Waals surface area (Å²) in [6.45, 7) is 5.04. The van der Waals surface area contributed by atoms with E-state index >= 15 is 4.79 Å². The molecule has 3 aromatic carbocycles. The summed E-state index contributed by atoms with van der Waals surface area (Å²) in [5.41, 5.74) is 2.89. The minimum atomic E-state index is -4.47. The first kappa shape index (κ1) is 34.5. The molecule has 3 heterocycles. The minimum Gasteiger partial charge on any atom is -0.339 e. The van der Waals surface area contributed by atoms with Crippen LogP contribution >= 0.6 is 39.3 Å². The fourth-order valence-electron chi connectivity index (χ4n) is 6.63. The van der Waals surface area contributed by atoms with Gasteiger partial charge in [-0.05, 0) is 48.9 Å². The molecule has 6 rings (SSSR count). The van der Waals surface area contributed by atoms with Gasteiger partial charge >= 0.3 is 0 Å². The highest BCUT2D eigenvalue weighted by Crippen LogP contribution is 2.55. The van der Waals surface area contributed by atoms with Crippen molar-refractivity contribution >= 4 is 78.0 Å². The Hall–Kier alpha value is -3.36. The fraction of sp³-hybridized carbons (Fsp3) is 0.324. The summed E-state index contributed by atoms with van der Waals surface area (Å²) < 4.78 is 35.1. The largest absolute Gasteiger partial charge is 0.339 e. The van der Waals surface area contributed by atoms with E-state index in [9.17, 15) is 22.6 Å². The van der Waals surface area contributed by atoms with E-state index in [1.807, 2.05) is 55.5 Å². The summed E-state index contributed by atoms with van der Waals surface area (Å²) in [4.78, 5) is 47.5. The number of hydrogen-bond donors (Lipinski definition) is 1. The number of benzene rings is 3. The van der Waals surface area contributed by atoms with E-state index in [2.05, 4.69) is 15.9 Å². The van der Waals surface area contributed by atoms with Crippen LogP contribution in [0.25, 0.3) is 10.9 Å². The van der Waals surface area contributed by atoms with Crippen LogP contribution in [0.4, 0.5) is 0 Å². The average molecular weight is 774 g/mol. The first-order chi connectivity index (χ1) is 22.7. The third-order valence-corrected chi connectivity index (χ3v) is 11.7. The van der Waals surface area contributed by atoms with E-state index in [1.165, 1.54) is 23.3 Å². The molecule has 10 nitrogen and oxygen atoms in total. The Bertz CT molecular complexity index is 2000. The normalized spacial score (nSPS) is 20.1. The van der Waals surface area contributed by atoms with Crippen molar-refractivity contribution in [2.24, 2.45) is 0 Å². The van der Waals surface area contributed by atoms with Gasteiger partial charge < -0.3 is 19.3 Å². The van der Waals surface area contributed by atoms with Crippen LogP contribution in [0.1, 0.15) is 36.1 Å². The number of fused-ring (bicyclic) bond motifs is 1. The molecule has 0 unspecified atom stereocenters. The number of carbonyl (C=O) groups is 3. The predicted octanol–water partition coefficient (Wildman–Crippen LogP) is 5.91. The van der Waals surface area contributed by atoms with Gasteiger partial charge in [0.2, 0.25) is 17.7 Å². The molecule has 0 bridgehead atoms. The molecule has 1 aromatic heterocycles. The SMILES string of the molecule is CC(=O)N1CCN(C(=O)[C@]2(Sc3ccc(C)cc3)CC(=O)N(Cc3ccc(Br)cc3)[C@H]2c2cn(CS(=O)(=O)O)c3cc(Cl)ccc23)CC1. The maximum atomic E-state index is 15.1. The van der Waals surface area contributed by atoms with E-state index < -0.39 is 26.8 Å². The van der Waals surface area contributed by atoms with Crippen molar-refractivity contribution in [3.05, 3.63) is 99.1 Å². The summed E-state index contributed by atoms with van der Waals surface area (Å²) >= 11 is 11.2. The van der Waals surface area contributed by atoms with Crippen molar-refractivity contribution in [2.75, 3.05) is 26.2 Å². The summed E-state index contributed by atoms with van der Waals surface area (Å²) in [6.07, 6.45) is 1.50. The molecule has 1 N–H and O–H groups in total. The Kier molecular flexibility index (Phi) is 9.71. The molecule has 3 amide bonds. The number of halogens is 2. The van der Waals surface area contributed by atoms with Crippen molar-refractivity contribution in [3.8, 4) is 0 Å². The highest BCUT2D eigenvalue weighted by atomic mass is 79.9. The van der Waals surface area contributed by atoms with Gasteiger partial charge in [0.1, 0.15) is 10.6 Å². The monoisotopic (exact) mass is 772 g/mol. The third kappa shape index (κ3) is 7.02. The average Bonchev–Trinajstić information content (AvgIpc) is 3.51. The van der Waals surface area contributed by atoms with Crippen LogP contribution in [0.3, 0.4) is 0 Å². The molecule has 48 heavy (non-hydrogen) atoms. The quantitative estimate of drug-likeness (QED) is 0.221. The van der Waals surface area contributed by atoms with Gasteiger partial charge in [0.15, 0.2) is 0 Å². The van der Waals surface area contributed by atoms with Gasteiger partial charge in [-0.25, -0.2) is 0 Å². The molecule has 2 aliphatic rings. The zero-order valence-corrected chi connectivity index (χ0v) is 30.3. The van der Waals surface area contributed by atoms with E-state index in [4.69, 9.17) is 11.6 Å². The van der Waals surface area contributed by atoms with Gasteiger partial charge in [-0.1, -0.05) is 63.4 Å². The molecular formula is C34H34BrClN4O6S2. The molecule has 4 aromatic rings. The minimum absolute atomic E-state index is 0.0641. The standard InChI is InChI=1S/C34H34BrClN4O6S2/c1-22-3-10-27(11-4-22)47-34(33(43)38-15-13-37(14-16-38)23(2)41)18-31(42)40(19-24-5-7-25(35)8-6-24)32(34)29-20-39(21-48(44,45)46)30-17-26(36)9-12-28(29)30/h3-12,17,20,32H,13-16,18-19,21H2,1-2H3,(H,44,45,46)/t32-,34-/m0/s1. The van der Waals surface area contributed by atoms with Crippen LogP contribution < -0.4 is 0 Å². The lowest BCUT2D eigenvalue weighted by molar-refractivity contribution is -0.140. The molecular weight excluding hydrogens is 740 g/mol. The van der Waals surface area contributed by atoms with E-state index in [1.54, 1.807) is 39.1 Å². The van der Waals surface area contributed by atoms with Crippen LogP contribution in [0, 0.1) is 6.92 Å². The number of aromatic nitrogens is 1. The lowest BCUT2D eigenvalue weighted by Gasteiger charge is -2.42. The second-order valence-electron chi connectivity index (χ2n) is 12.3. The Morgan fingerprint density at radius 1 is 1.00 bits per heavy atom. The molecule has 2 atom stereocenters. The number of piperazine rings is 1. The molecule has 2 saturated heterocycles. The summed E-state index contributed by atoms with van der Waals surface area (Å²) in [5, 5.41) is 0.962. The highest BCUT2D eigenvalue weighted by molar-refractivity contribution is 9.10. The number of likely N-dealkylation sites (tertiary alicyclic amines) is 1. The Balaban J connectivity index is 1.56. The molecule has 0 radical (unpaired) electrons. The number of hydrogen-bond acceptors (Lipinski definition) is 6.